The average molecular weight is 385 g/mol. The lowest BCUT2D eigenvalue weighted by molar-refractivity contribution is 0.449. The lowest BCUT2D eigenvalue weighted by atomic mass is 10.1. The van der Waals surface area contributed by atoms with Gasteiger partial charge in [-0.05, 0) is 42.2 Å². The third kappa shape index (κ3) is 4.99. The monoisotopic (exact) mass is 384 g/mol. The van der Waals surface area contributed by atoms with Crippen LogP contribution in [0.4, 0.5) is 0 Å². The summed E-state index contributed by atoms with van der Waals surface area (Å²) in [5.74, 6) is 2.44. The fourth-order valence-electron chi connectivity index (χ4n) is 2.39. The van der Waals surface area contributed by atoms with E-state index in [2.05, 4.69) is 29.9 Å². The molecule has 0 saturated heterocycles. The summed E-state index contributed by atoms with van der Waals surface area (Å²) in [6.07, 6.45) is 0. The van der Waals surface area contributed by atoms with Gasteiger partial charge in [-0.3, -0.25) is 0 Å². The number of halogens is 1. The van der Waals surface area contributed by atoms with Gasteiger partial charge < -0.3 is 4.74 Å². The highest BCUT2D eigenvalue weighted by molar-refractivity contribution is 7.98. The Bertz CT molecular complexity index is 899. The maximum Gasteiger partial charge on any atom is 0.223 e. The first-order valence-electron chi connectivity index (χ1n) is 8.51. The van der Waals surface area contributed by atoms with Crippen LogP contribution in [0.5, 0.6) is 11.6 Å². The van der Waals surface area contributed by atoms with Crippen LogP contribution in [0.15, 0.2) is 59.8 Å². The summed E-state index contributed by atoms with van der Waals surface area (Å²) in [6.45, 7) is 6.26. The molecule has 0 atom stereocenters. The van der Waals surface area contributed by atoms with Crippen LogP contribution >= 0.6 is 23.4 Å². The van der Waals surface area contributed by atoms with Crippen LogP contribution in [-0.2, 0) is 5.75 Å². The Hall–Kier alpha value is -2.04. The molecule has 3 aromatic rings. The van der Waals surface area contributed by atoms with Crippen LogP contribution < -0.4 is 4.74 Å². The van der Waals surface area contributed by atoms with Gasteiger partial charge >= 0.3 is 0 Å². The molecule has 5 heteroatoms. The van der Waals surface area contributed by atoms with Gasteiger partial charge in [0, 0.05) is 16.8 Å². The van der Waals surface area contributed by atoms with Crippen molar-refractivity contribution < 1.29 is 4.74 Å². The summed E-state index contributed by atoms with van der Waals surface area (Å²) in [6, 6.07) is 17.7. The van der Waals surface area contributed by atoms with Crippen molar-refractivity contribution in [3.63, 3.8) is 0 Å². The first-order valence-corrected chi connectivity index (χ1v) is 9.87. The van der Waals surface area contributed by atoms with E-state index in [1.54, 1.807) is 11.8 Å². The number of para-hydroxylation sites is 1. The molecule has 0 amide bonds. The number of aromatic nitrogens is 2. The molecule has 0 fully saturated rings. The van der Waals surface area contributed by atoms with Gasteiger partial charge in [0.2, 0.25) is 5.88 Å². The fraction of sp³-hybridized carbons (Fsp3) is 0.238. The van der Waals surface area contributed by atoms with E-state index >= 15 is 0 Å². The summed E-state index contributed by atoms with van der Waals surface area (Å²) in [7, 11) is 0. The molecule has 0 aliphatic rings. The number of ether oxygens (including phenoxy) is 1. The van der Waals surface area contributed by atoms with Gasteiger partial charge in [0.1, 0.15) is 5.75 Å². The molecule has 0 spiro atoms. The predicted octanol–water partition coefficient (Wildman–Crippen LogP) is 6.65. The van der Waals surface area contributed by atoms with Gasteiger partial charge in [0.05, 0.1) is 5.69 Å². The lowest BCUT2D eigenvalue weighted by Gasteiger charge is -2.12. The molecule has 0 unspecified atom stereocenters. The Labute approximate surface area is 163 Å². The van der Waals surface area contributed by atoms with Gasteiger partial charge in [0.25, 0.3) is 0 Å². The van der Waals surface area contributed by atoms with Crippen LogP contribution in [0, 0.1) is 6.92 Å². The van der Waals surface area contributed by atoms with Crippen molar-refractivity contribution >= 4 is 23.4 Å². The number of thioether (sulfide) groups is 1. The number of rotatable bonds is 6. The van der Waals surface area contributed by atoms with E-state index in [-0.39, 0.29) is 0 Å². The number of aryl methyl sites for hydroxylation is 1. The molecule has 0 N–H and O–H groups in total. The van der Waals surface area contributed by atoms with Crippen molar-refractivity contribution in [2.75, 3.05) is 0 Å². The molecule has 0 aliphatic heterocycles. The molecule has 0 bridgehead atoms. The van der Waals surface area contributed by atoms with Gasteiger partial charge in [-0.15, -0.1) is 0 Å². The van der Waals surface area contributed by atoms with Crippen LogP contribution in [-0.4, -0.2) is 9.97 Å². The Kier molecular flexibility index (Phi) is 6.17. The Morgan fingerprint density at radius 1 is 1.04 bits per heavy atom. The van der Waals surface area contributed by atoms with Gasteiger partial charge in [0.15, 0.2) is 5.16 Å². The van der Waals surface area contributed by atoms with Gasteiger partial charge in [-0.2, -0.15) is 4.98 Å². The molecule has 3 nitrogen and oxygen atoms in total. The molecule has 1 heterocycles. The normalized spacial score (nSPS) is 11.0. The maximum absolute atomic E-state index is 6.06. The minimum Gasteiger partial charge on any atom is -0.439 e. The summed E-state index contributed by atoms with van der Waals surface area (Å²) in [5.41, 5.74) is 3.19. The van der Waals surface area contributed by atoms with Crippen molar-refractivity contribution in [1.29, 1.82) is 0 Å². The van der Waals surface area contributed by atoms with Crippen molar-refractivity contribution in [3.8, 4) is 11.6 Å². The Morgan fingerprint density at radius 2 is 1.85 bits per heavy atom. The Balaban J connectivity index is 1.83. The molecule has 0 aliphatic carbocycles. The van der Waals surface area contributed by atoms with Crippen molar-refractivity contribution in [2.45, 2.75) is 37.6 Å². The van der Waals surface area contributed by atoms with Crippen LogP contribution in [0.1, 0.15) is 36.6 Å². The van der Waals surface area contributed by atoms with E-state index in [1.165, 1.54) is 0 Å². The zero-order valence-electron chi connectivity index (χ0n) is 15.1. The minimum atomic E-state index is 0.294. The van der Waals surface area contributed by atoms with Crippen molar-refractivity contribution in [2.24, 2.45) is 0 Å². The van der Waals surface area contributed by atoms with E-state index in [0.29, 0.717) is 17.0 Å². The third-order valence-corrected chi connectivity index (χ3v) is 5.01. The number of nitrogens with zero attached hydrogens (tertiary/aromatic N) is 2. The SMILES string of the molecule is Cc1ccccc1Oc1cc(C(C)C)nc(SCc2cccc(Cl)c2)n1. The molecule has 1 aromatic heterocycles. The number of benzene rings is 2. The second-order valence-electron chi connectivity index (χ2n) is 6.35. The minimum absolute atomic E-state index is 0.294. The molecule has 2 aromatic carbocycles. The van der Waals surface area contributed by atoms with Crippen LogP contribution in [0.25, 0.3) is 0 Å². The van der Waals surface area contributed by atoms with Crippen LogP contribution in [0.3, 0.4) is 0 Å². The van der Waals surface area contributed by atoms with Crippen molar-refractivity contribution in [3.05, 3.63) is 76.4 Å². The molecule has 134 valence electrons. The van der Waals surface area contributed by atoms with E-state index in [1.807, 2.05) is 55.5 Å². The smallest absolute Gasteiger partial charge is 0.223 e. The summed E-state index contributed by atoms with van der Waals surface area (Å²) >= 11 is 7.65. The van der Waals surface area contributed by atoms with Crippen LogP contribution in [0.2, 0.25) is 5.02 Å². The highest BCUT2D eigenvalue weighted by atomic mass is 35.5. The maximum atomic E-state index is 6.06. The highest BCUT2D eigenvalue weighted by Gasteiger charge is 2.11. The topological polar surface area (TPSA) is 35.0 Å². The quantitative estimate of drug-likeness (QED) is 0.352. The lowest BCUT2D eigenvalue weighted by Crippen LogP contribution is -2.00. The summed E-state index contributed by atoms with van der Waals surface area (Å²) in [5, 5.41) is 1.45. The Morgan fingerprint density at radius 3 is 2.58 bits per heavy atom. The van der Waals surface area contributed by atoms with E-state index in [0.717, 1.165) is 33.3 Å². The summed E-state index contributed by atoms with van der Waals surface area (Å²) in [4.78, 5) is 9.26. The van der Waals surface area contributed by atoms with E-state index in [4.69, 9.17) is 16.3 Å². The fourth-order valence-corrected chi connectivity index (χ4v) is 3.40. The van der Waals surface area contributed by atoms with Gasteiger partial charge in [-0.25, -0.2) is 4.98 Å². The second-order valence-corrected chi connectivity index (χ2v) is 7.73. The largest absolute Gasteiger partial charge is 0.439 e. The number of hydrogen-bond donors (Lipinski definition) is 0. The van der Waals surface area contributed by atoms with E-state index < -0.39 is 0 Å². The molecule has 0 saturated carbocycles. The molecular weight excluding hydrogens is 364 g/mol. The zero-order chi connectivity index (χ0) is 18.5. The molecule has 26 heavy (non-hydrogen) atoms. The summed E-state index contributed by atoms with van der Waals surface area (Å²) < 4.78 is 6.03. The molecule has 0 radical (unpaired) electrons. The first kappa shape index (κ1) is 18.7. The third-order valence-electron chi connectivity index (χ3n) is 3.86. The standard InChI is InChI=1S/C21H21ClN2OS/c1-14(2)18-12-20(25-19-10-5-4-7-15(19)3)24-21(23-18)26-13-16-8-6-9-17(22)11-16/h4-12,14H,13H2,1-3H3. The number of hydrogen-bond acceptors (Lipinski definition) is 4. The highest BCUT2D eigenvalue weighted by Crippen LogP contribution is 2.29. The van der Waals surface area contributed by atoms with Crippen molar-refractivity contribution in [1.82, 2.24) is 9.97 Å². The average Bonchev–Trinajstić information content (AvgIpc) is 2.62. The zero-order valence-corrected chi connectivity index (χ0v) is 16.6. The first-order chi connectivity index (χ1) is 12.5. The molecule has 3 rings (SSSR count). The second kappa shape index (κ2) is 8.56. The molecular formula is C21H21ClN2OS. The predicted molar refractivity (Wildman–Crippen MR) is 108 cm³/mol. The van der Waals surface area contributed by atoms with E-state index in [9.17, 15) is 0 Å². The van der Waals surface area contributed by atoms with Gasteiger partial charge in [-0.1, -0.05) is 67.5 Å².